The number of carboxylic acids is 1. The minimum absolute atomic E-state index is 0.00730. The Kier molecular flexibility index (Phi) is 6.09. The van der Waals surface area contributed by atoms with E-state index in [4.69, 9.17) is 0 Å². The third kappa shape index (κ3) is 4.22. The van der Waals surface area contributed by atoms with Crippen molar-refractivity contribution in [2.75, 3.05) is 7.05 Å². The second kappa shape index (κ2) is 8.69. The molecule has 0 aliphatic heterocycles. The van der Waals surface area contributed by atoms with Gasteiger partial charge in [-0.25, -0.2) is 4.79 Å². The van der Waals surface area contributed by atoms with E-state index in [2.05, 4.69) is 10.6 Å². The molecule has 0 spiro atoms. The highest BCUT2D eigenvalue weighted by molar-refractivity contribution is 6.04. The summed E-state index contributed by atoms with van der Waals surface area (Å²) < 4.78 is 0. The van der Waals surface area contributed by atoms with E-state index in [9.17, 15) is 19.5 Å². The highest BCUT2D eigenvalue weighted by atomic mass is 16.4. The maximum Gasteiger partial charge on any atom is 0.336 e. The molecule has 2 aromatic rings. The average molecular weight is 380 g/mol. The fourth-order valence-electron chi connectivity index (χ4n) is 3.79. The molecule has 0 atom stereocenters. The lowest BCUT2D eigenvalue weighted by Gasteiger charge is -2.28. The highest BCUT2D eigenvalue weighted by Gasteiger charge is 2.27. The van der Waals surface area contributed by atoms with E-state index in [1.807, 2.05) is 0 Å². The van der Waals surface area contributed by atoms with Crippen LogP contribution in [0.15, 0.2) is 48.5 Å². The van der Waals surface area contributed by atoms with Gasteiger partial charge in [0, 0.05) is 24.6 Å². The third-order valence-electron chi connectivity index (χ3n) is 5.30. The van der Waals surface area contributed by atoms with Crippen LogP contribution in [0.25, 0.3) is 11.1 Å². The third-order valence-corrected chi connectivity index (χ3v) is 5.30. The Morgan fingerprint density at radius 2 is 1.39 bits per heavy atom. The van der Waals surface area contributed by atoms with E-state index in [-0.39, 0.29) is 29.3 Å². The van der Waals surface area contributed by atoms with Gasteiger partial charge >= 0.3 is 5.97 Å². The first kappa shape index (κ1) is 19.6. The molecule has 1 fully saturated rings. The molecule has 1 saturated carbocycles. The number of hydrogen-bond donors (Lipinski definition) is 3. The molecule has 6 nitrogen and oxygen atoms in total. The molecule has 0 saturated heterocycles. The molecule has 2 aromatic carbocycles. The second-order valence-corrected chi connectivity index (χ2v) is 7.03. The number of carboxylic acid groups (broad SMARTS) is 1. The molecule has 28 heavy (non-hydrogen) atoms. The van der Waals surface area contributed by atoms with Gasteiger partial charge in [-0.2, -0.15) is 0 Å². The maximum absolute atomic E-state index is 12.9. The van der Waals surface area contributed by atoms with Crippen molar-refractivity contribution in [3.8, 4) is 11.1 Å². The van der Waals surface area contributed by atoms with Crippen LogP contribution in [0.1, 0.15) is 46.4 Å². The van der Waals surface area contributed by atoms with Crippen molar-refractivity contribution in [3.63, 3.8) is 0 Å². The van der Waals surface area contributed by atoms with Crippen molar-refractivity contribution < 1.29 is 19.5 Å². The van der Waals surface area contributed by atoms with Crippen LogP contribution in [0.4, 0.5) is 0 Å². The first-order valence-electron chi connectivity index (χ1n) is 9.45. The van der Waals surface area contributed by atoms with E-state index in [0.29, 0.717) is 16.7 Å². The zero-order valence-electron chi connectivity index (χ0n) is 15.8. The van der Waals surface area contributed by atoms with Gasteiger partial charge < -0.3 is 15.7 Å². The Morgan fingerprint density at radius 3 is 1.96 bits per heavy atom. The van der Waals surface area contributed by atoms with Crippen molar-refractivity contribution in [1.82, 2.24) is 10.6 Å². The minimum atomic E-state index is -1.03. The molecule has 0 unspecified atom stereocenters. The Labute approximate surface area is 164 Å². The lowest BCUT2D eigenvalue weighted by atomic mass is 9.85. The van der Waals surface area contributed by atoms with Crippen molar-refractivity contribution in [2.45, 2.75) is 31.7 Å². The lowest BCUT2D eigenvalue weighted by molar-refractivity contribution is -0.125. The Morgan fingerprint density at radius 1 is 0.857 bits per heavy atom. The number of carbonyl (C=O) groups is 3. The van der Waals surface area contributed by atoms with Gasteiger partial charge in [0.1, 0.15) is 0 Å². The molecule has 0 bridgehead atoms. The molecular formula is C22H24N2O4. The van der Waals surface area contributed by atoms with Crippen molar-refractivity contribution in [3.05, 3.63) is 59.7 Å². The van der Waals surface area contributed by atoms with E-state index in [1.165, 1.54) is 6.07 Å². The number of aromatic carboxylic acids is 1. The van der Waals surface area contributed by atoms with E-state index >= 15 is 0 Å². The number of hydrogen-bond acceptors (Lipinski definition) is 3. The second-order valence-electron chi connectivity index (χ2n) is 7.03. The molecule has 1 aliphatic rings. The minimum Gasteiger partial charge on any atom is -0.478 e. The fourth-order valence-corrected chi connectivity index (χ4v) is 3.79. The predicted molar refractivity (Wildman–Crippen MR) is 106 cm³/mol. The number of benzene rings is 2. The Balaban J connectivity index is 1.78. The SMILES string of the molecule is CNC(=O)C1CCC(NC(=O)c2ccccc2-c2ccccc2C(=O)O)CC1. The van der Waals surface area contributed by atoms with Gasteiger partial charge in [0.25, 0.3) is 5.91 Å². The summed E-state index contributed by atoms with van der Waals surface area (Å²) >= 11 is 0. The van der Waals surface area contributed by atoms with Crippen molar-refractivity contribution in [2.24, 2.45) is 5.92 Å². The Bertz CT molecular complexity index is 886. The summed E-state index contributed by atoms with van der Waals surface area (Å²) in [6.45, 7) is 0. The largest absolute Gasteiger partial charge is 0.478 e. The van der Waals surface area contributed by atoms with Crippen LogP contribution >= 0.6 is 0 Å². The summed E-state index contributed by atoms with van der Waals surface area (Å²) in [5.41, 5.74) is 1.72. The first-order valence-corrected chi connectivity index (χ1v) is 9.45. The maximum atomic E-state index is 12.9. The fraction of sp³-hybridized carbons (Fsp3) is 0.318. The predicted octanol–water partition coefficient (Wildman–Crippen LogP) is 3.09. The van der Waals surface area contributed by atoms with Gasteiger partial charge in [-0.3, -0.25) is 9.59 Å². The quantitative estimate of drug-likeness (QED) is 0.743. The normalized spacial score (nSPS) is 18.9. The van der Waals surface area contributed by atoms with Gasteiger partial charge in [-0.1, -0.05) is 36.4 Å². The number of nitrogens with one attached hydrogen (secondary N) is 2. The zero-order chi connectivity index (χ0) is 20.1. The summed E-state index contributed by atoms with van der Waals surface area (Å²) in [6, 6.07) is 13.7. The molecule has 1 aliphatic carbocycles. The van der Waals surface area contributed by atoms with Gasteiger partial charge in [-0.05, 0) is 48.9 Å². The number of carbonyl (C=O) groups excluding carboxylic acids is 2. The molecular weight excluding hydrogens is 356 g/mol. The van der Waals surface area contributed by atoms with Crippen molar-refractivity contribution >= 4 is 17.8 Å². The molecule has 0 aromatic heterocycles. The molecule has 2 amide bonds. The molecule has 146 valence electrons. The molecule has 0 radical (unpaired) electrons. The zero-order valence-corrected chi connectivity index (χ0v) is 15.8. The first-order chi connectivity index (χ1) is 13.5. The van der Waals surface area contributed by atoms with Crippen LogP contribution in [0.2, 0.25) is 0 Å². The standard InChI is InChI=1S/C22H24N2O4/c1-23-20(25)14-10-12-15(13-11-14)24-21(26)18-8-4-2-6-16(18)17-7-3-5-9-19(17)22(27)28/h2-9,14-15H,10-13H2,1H3,(H,23,25)(H,24,26)(H,27,28). The van der Waals surface area contributed by atoms with Crippen LogP contribution in [-0.2, 0) is 4.79 Å². The van der Waals surface area contributed by atoms with E-state index in [1.54, 1.807) is 49.5 Å². The lowest BCUT2D eigenvalue weighted by Crippen LogP contribution is -2.40. The van der Waals surface area contributed by atoms with Crippen LogP contribution in [0.3, 0.4) is 0 Å². The van der Waals surface area contributed by atoms with Gasteiger partial charge in [0.2, 0.25) is 5.91 Å². The summed E-state index contributed by atoms with van der Waals surface area (Å²) in [4.78, 5) is 36.3. The molecule has 3 rings (SSSR count). The van der Waals surface area contributed by atoms with Gasteiger partial charge in [0.15, 0.2) is 0 Å². The number of amides is 2. The van der Waals surface area contributed by atoms with E-state index < -0.39 is 5.97 Å². The van der Waals surface area contributed by atoms with Crippen molar-refractivity contribution in [1.29, 1.82) is 0 Å². The smallest absolute Gasteiger partial charge is 0.336 e. The monoisotopic (exact) mass is 380 g/mol. The van der Waals surface area contributed by atoms with Crippen LogP contribution < -0.4 is 10.6 Å². The van der Waals surface area contributed by atoms with Gasteiger partial charge in [-0.15, -0.1) is 0 Å². The van der Waals surface area contributed by atoms with Crippen LogP contribution in [-0.4, -0.2) is 36.0 Å². The van der Waals surface area contributed by atoms with Crippen LogP contribution in [0, 0.1) is 5.92 Å². The van der Waals surface area contributed by atoms with E-state index in [0.717, 1.165) is 25.7 Å². The van der Waals surface area contributed by atoms with Gasteiger partial charge in [0.05, 0.1) is 5.56 Å². The summed E-state index contributed by atoms with van der Waals surface area (Å²) in [5, 5.41) is 15.2. The summed E-state index contributed by atoms with van der Waals surface area (Å²) in [6.07, 6.45) is 2.98. The molecule has 0 heterocycles. The topological polar surface area (TPSA) is 95.5 Å². The highest BCUT2D eigenvalue weighted by Crippen LogP contribution is 2.29. The summed E-state index contributed by atoms with van der Waals surface area (Å²) in [7, 11) is 1.64. The number of rotatable bonds is 5. The average Bonchev–Trinajstić information content (AvgIpc) is 2.73. The Hall–Kier alpha value is -3.15. The van der Waals surface area contributed by atoms with Crippen LogP contribution in [0.5, 0.6) is 0 Å². The summed E-state index contributed by atoms with van der Waals surface area (Å²) in [5.74, 6) is -1.19. The molecule has 6 heteroatoms. The molecule has 3 N–H and O–H groups in total.